The largest absolute Gasteiger partial charge is 0.329 e. The highest BCUT2D eigenvalue weighted by atomic mass is 15.3. The molecule has 0 saturated heterocycles. The minimum atomic E-state index is 0.320. The highest BCUT2D eigenvalue weighted by Gasteiger charge is 2.08. The Morgan fingerprint density at radius 1 is 1.44 bits per heavy atom. The van der Waals surface area contributed by atoms with E-state index in [0.29, 0.717) is 12.6 Å². The van der Waals surface area contributed by atoms with Gasteiger partial charge in [-0.1, -0.05) is 18.2 Å². The Bertz CT molecular complexity index is 475. The molecule has 0 aliphatic heterocycles. The number of nitrogens with one attached hydrogen (secondary N) is 1. The standard InChI is InChI=1S/C12H18N4/c1-9(7-13)14-8-11-10-5-3-4-6-12(10)16(2)15-11/h3-6,9,14H,7-8,13H2,1-2H3/t9-/m0/s1. The Labute approximate surface area is 95.4 Å². The Hall–Kier alpha value is -1.39. The van der Waals surface area contributed by atoms with Crippen LogP contribution in [-0.4, -0.2) is 22.4 Å². The summed E-state index contributed by atoms with van der Waals surface area (Å²) in [6.07, 6.45) is 0. The van der Waals surface area contributed by atoms with E-state index in [9.17, 15) is 0 Å². The molecule has 0 aliphatic carbocycles. The molecule has 0 unspecified atom stereocenters. The molecule has 0 spiro atoms. The summed E-state index contributed by atoms with van der Waals surface area (Å²) in [7, 11) is 1.97. The number of aryl methyl sites for hydroxylation is 1. The van der Waals surface area contributed by atoms with Crippen molar-refractivity contribution in [3.63, 3.8) is 0 Å². The number of para-hydroxylation sites is 1. The maximum Gasteiger partial charge on any atom is 0.0841 e. The molecule has 0 fully saturated rings. The van der Waals surface area contributed by atoms with Gasteiger partial charge < -0.3 is 11.1 Å². The first-order chi connectivity index (χ1) is 7.72. The van der Waals surface area contributed by atoms with Crippen LogP contribution in [0, 0.1) is 0 Å². The molecule has 0 amide bonds. The summed E-state index contributed by atoms with van der Waals surface area (Å²) in [5.41, 5.74) is 7.81. The predicted octanol–water partition coefficient (Wildman–Crippen LogP) is 1.01. The lowest BCUT2D eigenvalue weighted by Crippen LogP contribution is -2.32. The summed E-state index contributed by atoms with van der Waals surface area (Å²) in [6.45, 7) is 3.48. The van der Waals surface area contributed by atoms with Crippen molar-refractivity contribution in [2.45, 2.75) is 19.5 Å². The molecule has 0 saturated carbocycles. The Morgan fingerprint density at radius 2 is 2.19 bits per heavy atom. The van der Waals surface area contributed by atoms with Crippen molar-refractivity contribution in [3.05, 3.63) is 30.0 Å². The third-order valence-electron chi connectivity index (χ3n) is 2.81. The quantitative estimate of drug-likeness (QED) is 0.805. The monoisotopic (exact) mass is 218 g/mol. The van der Waals surface area contributed by atoms with Crippen LogP contribution >= 0.6 is 0 Å². The van der Waals surface area contributed by atoms with E-state index in [1.165, 1.54) is 10.9 Å². The van der Waals surface area contributed by atoms with Crippen LogP contribution in [0.15, 0.2) is 24.3 Å². The summed E-state index contributed by atoms with van der Waals surface area (Å²) >= 11 is 0. The summed E-state index contributed by atoms with van der Waals surface area (Å²) in [5, 5.41) is 9.07. The topological polar surface area (TPSA) is 55.9 Å². The Balaban J connectivity index is 2.24. The van der Waals surface area contributed by atoms with Crippen LogP contribution in [-0.2, 0) is 13.6 Å². The van der Waals surface area contributed by atoms with Gasteiger partial charge in [-0.25, -0.2) is 0 Å². The molecule has 0 aliphatic rings. The molecular formula is C12H18N4. The second kappa shape index (κ2) is 4.63. The van der Waals surface area contributed by atoms with E-state index < -0.39 is 0 Å². The maximum absolute atomic E-state index is 5.57. The van der Waals surface area contributed by atoms with Gasteiger partial charge in [0.05, 0.1) is 11.2 Å². The number of benzene rings is 1. The molecule has 1 aromatic carbocycles. The van der Waals surface area contributed by atoms with E-state index in [1.807, 2.05) is 23.9 Å². The second-order valence-corrected chi connectivity index (χ2v) is 4.11. The fourth-order valence-corrected chi connectivity index (χ4v) is 1.77. The van der Waals surface area contributed by atoms with Crippen molar-refractivity contribution in [1.29, 1.82) is 0 Å². The summed E-state index contributed by atoms with van der Waals surface area (Å²) in [6, 6.07) is 8.58. The van der Waals surface area contributed by atoms with Crippen LogP contribution in [0.5, 0.6) is 0 Å². The van der Waals surface area contributed by atoms with E-state index in [-0.39, 0.29) is 0 Å². The summed E-state index contributed by atoms with van der Waals surface area (Å²) in [4.78, 5) is 0. The summed E-state index contributed by atoms with van der Waals surface area (Å²) in [5.74, 6) is 0. The Kier molecular flexibility index (Phi) is 3.22. The molecule has 16 heavy (non-hydrogen) atoms. The number of nitrogens with zero attached hydrogens (tertiary/aromatic N) is 2. The zero-order valence-electron chi connectivity index (χ0n) is 9.77. The minimum absolute atomic E-state index is 0.320. The van der Waals surface area contributed by atoms with Crippen molar-refractivity contribution < 1.29 is 0 Å². The first-order valence-corrected chi connectivity index (χ1v) is 5.56. The van der Waals surface area contributed by atoms with Gasteiger partial charge in [0.2, 0.25) is 0 Å². The smallest absolute Gasteiger partial charge is 0.0841 e. The molecule has 1 heterocycles. The van der Waals surface area contributed by atoms with Gasteiger partial charge in [0.15, 0.2) is 0 Å². The van der Waals surface area contributed by atoms with Crippen LogP contribution in [0.3, 0.4) is 0 Å². The van der Waals surface area contributed by atoms with E-state index in [1.54, 1.807) is 0 Å². The lowest BCUT2D eigenvalue weighted by Gasteiger charge is -2.09. The number of nitrogens with two attached hydrogens (primary N) is 1. The van der Waals surface area contributed by atoms with Gasteiger partial charge in [-0.15, -0.1) is 0 Å². The SMILES string of the molecule is C[C@@H](CN)NCc1nn(C)c2ccccc12. The van der Waals surface area contributed by atoms with Crippen molar-refractivity contribution in [3.8, 4) is 0 Å². The lowest BCUT2D eigenvalue weighted by atomic mass is 10.2. The number of hydrogen-bond donors (Lipinski definition) is 2. The van der Waals surface area contributed by atoms with Crippen LogP contribution in [0.25, 0.3) is 10.9 Å². The van der Waals surface area contributed by atoms with Crippen molar-refractivity contribution in [2.75, 3.05) is 6.54 Å². The van der Waals surface area contributed by atoms with Gasteiger partial charge in [0.1, 0.15) is 0 Å². The van der Waals surface area contributed by atoms with Gasteiger partial charge in [-0.05, 0) is 13.0 Å². The van der Waals surface area contributed by atoms with E-state index in [0.717, 1.165) is 12.2 Å². The normalized spacial score (nSPS) is 13.2. The molecule has 1 aromatic heterocycles. The zero-order chi connectivity index (χ0) is 11.5. The highest BCUT2D eigenvalue weighted by Crippen LogP contribution is 2.16. The zero-order valence-corrected chi connectivity index (χ0v) is 9.77. The van der Waals surface area contributed by atoms with Crippen molar-refractivity contribution in [2.24, 2.45) is 12.8 Å². The molecule has 0 radical (unpaired) electrons. The molecule has 4 heteroatoms. The van der Waals surface area contributed by atoms with Crippen molar-refractivity contribution in [1.82, 2.24) is 15.1 Å². The molecule has 2 aromatic rings. The van der Waals surface area contributed by atoms with Crippen LogP contribution < -0.4 is 11.1 Å². The van der Waals surface area contributed by atoms with Gasteiger partial charge in [0.25, 0.3) is 0 Å². The molecule has 1 atom stereocenters. The van der Waals surface area contributed by atoms with Crippen LogP contribution in [0.2, 0.25) is 0 Å². The second-order valence-electron chi connectivity index (χ2n) is 4.11. The molecule has 3 N–H and O–H groups in total. The molecule has 2 rings (SSSR count). The Morgan fingerprint density at radius 3 is 2.94 bits per heavy atom. The van der Waals surface area contributed by atoms with Crippen molar-refractivity contribution >= 4 is 10.9 Å². The van der Waals surface area contributed by atoms with E-state index in [2.05, 4.69) is 29.5 Å². The lowest BCUT2D eigenvalue weighted by molar-refractivity contribution is 0.547. The fourth-order valence-electron chi connectivity index (χ4n) is 1.77. The number of aromatic nitrogens is 2. The van der Waals surface area contributed by atoms with E-state index >= 15 is 0 Å². The fraction of sp³-hybridized carbons (Fsp3) is 0.417. The van der Waals surface area contributed by atoms with Gasteiger partial charge in [-0.2, -0.15) is 5.10 Å². The number of rotatable bonds is 4. The van der Waals surface area contributed by atoms with Crippen LogP contribution in [0.4, 0.5) is 0 Å². The van der Waals surface area contributed by atoms with Gasteiger partial charge >= 0.3 is 0 Å². The minimum Gasteiger partial charge on any atom is -0.329 e. The first-order valence-electron chi connectivity index (χ1n) is 5.56. The van der Waals surface area contributed by atoms with E-state index in [4.69, 9.17) is 5.73 Å². The highest BCUT2D eigenvalue weighted by molar-refractivity contribution is 5.81. The third kappa shape index (κ3) is 2.08. The third-order valence-corrected chi connectivity index (χ3v) is 2.81. The molecular weight excluding hydrogens is 200 g/mol. The summed E-state index contributed by atoms with van der Waals surface area (Å²) < 4.78 is 1.92. The molecule has 4 nitrogen and oxygen atoms in total. The average molecular weight is 218 g/mol. The number of hydrogen-bond acceptors (Lipinski definition) is 3. The van der Waals surface area contributed by atoms with Gasteiger partial charge in [-0.3, -0.25) is 4.68 Å². The van der Waals surface area contributed by atoms with Crippen LogP contribution in [0.1, 0.15) is 12.6 Å². The average Bonchev–Trinajstić information content (AvgIpc) is 2.64. The predicted molar refractivity (Wildman–Crippen MR) is 66.1 cm³/mol. The maximum atomic E-state index is 5.57. The molecule has 0 bridgehead atoms. The van der Waals surface area contributed by atoms with Gasteiger partial charge in [0, 0.05) is 31.6 Å². The molecule has 86 valence electrons. The number of fused-ring (bicyclic) bond motifs is 1. The first kappa shape index (κ1) is 11.1.